The minimum Gasteiger partial charge on any atom is -0.415 e. The molecule has 0 radical (unpaired) electrons. The molecule has 1 atom stereocenters. The first-order valence-corrected chi connectivity index (χ1v) is 10.4. The van der Waals surface area contributed by atoms with E-state index in [2.05, 4.69) is 38.0 Å². The lowest BCUT2D eigenvalue weighted by molar-refractivity contribution is 0.288. The second kappa shape index (κ2) is 7.57. The molecule has 0 amide bonds. The van der Waals surface area contributed by atoms with Gasteiger partial charge < -0.3 is 15.1 Å². The number of hydrogen-bond acceptors (Lipinski definition) is 3. The van der Waals surface area contributed by atoms with E-state index in [0.29, 0.717) is 23.9 Å². The maximum atomic E-state index is 14.6. The Kier molecular flexibility index (Phi) is 6.00. The lowest BCUT2D eigenvalue weighted by Gasteiger charge is -2.27. The van der Waals surface area contributed by atoms with Crippen LogP contribution in [-0.4, -0.2) is 28.2 Å². The number of halogens is 1. The third-order valence-corrected chi connectivity index (χ3v) is 7.59. The van der Waals surface area contributed by atoms with Gasteiger partial charge in [-0.2, -0.15) is 0 Å². The summed E-state index contributed by atoms with van der Waals surface area (Å²) in [4.78, 5) is 0. The Morgan fingerprint density at radius 2 is 2.00 bits per heavy atom. The molecule has 1 unspecified atom stereocenters. The number of benzene rings is 1. The van der Waals surface area contributed by atoms with Gasteiger partial charge >= 0.3 is 0 Å². The van der Waals surface area contributed by atoms with Crippen LogP contribution in [0.15, 0.2) is 18.2 Å². The van der Waals surface area contributed by atoms with Crippen molar-refractivity contribution in [2.45, 2.75) is 57.8 Å². The molecule has 0 aliphatic carbocycles. The van der Waals surface area contributed by atoms with E-state index in [1.54, 1.807) is 0 Å². The zero-order chi connectivity index (χ0) is 16.2. The van der Waals surface area contributed by atoms with Crippen molar-refractivity contribution in [1.82, 2.24) is 5.32 Å². The molecule has 1 fully saturated rings. The third-order valence-electron chi connectivity index (χ3n) is 4.49. The fraction of sp³-hybridized carbons (Fsp3) is 0.647. The summed E-state index contributed by atoms with van der Waals surface area (Å²) in [6.07, 6.45) is 2.07. The summed E-state index contributed by atoms with van der Waals surface area (Å²) < 4.78 is 20.6. The van der Waals surface area contributed by atoms with Crippen molar-refractivity contribution in [3.8, 4) is 0 Å². The molecule has 1 aromatic rings. The molecule has 1 aliphatic rings. The van der Waals surface area contributed by atoms with Crippen LogP contribution in [0.1, 0.15) is 39.2 Å². The molecule has 5 heteroatoms. The summed E-state index contributed by atoms with van der Waals surface area (Å²) in [6.45, 7) is 11.1. The van der Waals surface area contributed by atoms with E-state index in [4.69, 9.17) is 4.43 Å². The lowest BCUT2D eigenvalue weighted by Crippen LogP contribution is -2.35. The molecule has 1 saturated heterocycles. The highest BCUT2D eigenvalue weighted by Crippen LogP contribution is 2.28. The van der Waals surface area contributed by atoms with Crippen LogP contribution < -0.4 is 10.6 Å². The average molecular weight is 325 g/mol. The maximum Gasteiger partial charge on any atom is 0.179 e. The standard InChI is InChI=1S/C17H29FN2OSi/c1-17(2,3)22(4)21-12-13-6-5-7-15(16(13)18)20-14-8-10-19-11-9-14/h5-7,14,19-20,22H,8-12H2,1-4H3. The van der Waals surface area contributed by atoms with E-state index < -0.39 is 9.04 Å². The van der Waals surface area contributed by atoms with Crippen LogP contribution in [0, 0.1) is 5.82 Å². The van der Waals surface area contributed by atoms with Gasteiger partial charge in [-0.25, -0.2) is 4.39 Å². The molecule has 2 rings (SSSR count). The molecule has 22 heavy (non-hydrogen) atoms. The minimum atomic E-state index is -1.33. The van der Waals surface area contributed by atoms with Gasteiger partial charge in [-0.3, -0.25) is 0 Å². The number of hydrogen-bond donors (Lipinski definition) is 2. The minimum absolute atomic E-state index is 0.156. The van der Waals surface area contributed by atoms with Gasteiger partial charge in [0, 0.05) is 11.6 Å². The molecule has 1 aliphatic heterocycles. The van der Waals surface area contributed by atoms with Crippen molar-refractivity contribution in [3.63, 3.8) is 0 Å². The summed E-state index contributed by atoms with van der Waals surface area (Å²) >= 11 is 0. The van der Waals surface area contributed by atoms with E-state index in [-0.39, 0.29) is 10.9 Å². The van der Waals surface area contributed by atoms with Gasteiger partial charge in [0.05, 0.1) is 12.3 Å². The van der Waals surface area contributed by atoms with Gasteiger partial charge in [0.2, 0.25) is 0 Å². The predicted molar refractivity (Wildman–Crippen MR) is 93.4 cm³/mol. The number of anilines is 1. The smallest absolute Gasteiger partial charge is 0.179 e. The summed E-state index contributed by atoms with van der Waals surface area (Å²) in [5.41, 5.74) is 1.26. The summed E-state index contributed by atoms with van der Waals surface area (Å²) in [7, 11) is -1.33. The molecule has 2 N–H and O–H groups in total. The van der Waals surface area contributed by atoms with Gasteiger partial charge in [-0.05, 0) is 43.6 Å². The highest BCUT2D eigenvalue weighted by Gasteiger charge is 2.23. The van der Waals surface area contributed by atoms with Gasteiger partial charge in [0.15, 0.2) is 14.9 Å². The number of piperidine rings is 1. The molecule has 1 aromatic carbocycles. The highest BCUT2D eigenvalue weighted by atomic mass is 28.3. The van der Waals surface area contributed by atoms with Crippen molar-refractivity contribution in [2.24, 2.45) is 0 Å². The number of nitrogens with one attached hydrogen (secondary N) is 2. The second-order valence-electron chi connectivity index (χ2n) is 7.27. The first-order chi connectivity index (χ1) is 10.4. The van der Waals surface area contributed by atoms with Crippen LogP contribution in [0.3, 0.4) is 0 Å². The molecule has 1 heterocycles. The Balaban J connectivity index is 1.99. The van der Waals surface area contributed by atoms with Crippen molar-refractivity contribution in [3.05, 3.63) is 29.6 Å². The Morgan fingerprint density at radius 1 is 1.32 bits per heavy atom. The fourth-order valence-corrected chi connectivity index (χ4v) is 3.38. The predicted octanol–water partition coefficient (Wildman–Crippen LogP) is 3.66. The van der Waals surface area contributed by atoms with Gasteiger partial charge in [0.25, 0.3) is 0 Å². The monoisotopic (exact) mass is 324 g/mol. The molecule has 0 spiro atoms. The molecule has 3 nitrogen and oxygen atoms in total. The van der Waals surface area contributed by atoms with E-state index in [0.717, 1.165) is 25.9 Å². The van der Waals surface area contributed by atoms with Crippen molar-refractivity contribution in [1.29, 1.82) is 0 Å². The average Bonchev–Trinajstić information content (AvgIpc) is 2.48. The van der Waals surface area contributed by atoms with Crippen LogP contribution >= 0.6 is 0 Å². The molecule has 0 aromatic heterocycles. The Morgan fingerprint density at radius 3 is 2.64 bits per heavy atom. The van der Waals surface area contributed by atoms with Gasteiger partial charge in [-0.15, -0.1) is 0 Å². The van der Waals surface area contributed by atoms with E-state index in [9.17, 15) is 4.39 Å². The Labute approximate surface area is 135 Å². The zero-order valence-electron chi connectivity index (χ0n) is 14.2. The van der Waals surface area contributed by atoms with Crippen molar-refractivity contribution >= 4 is 14.7 Å². The fourth-order valence-electron chi connectivity index (χ4n) is 2.45. The third kappa shape index (κ3) is 4.79. The molecule has 124 valence electrons. The summed E-state index contributed by atoms with van der Waals surface area (Å²) in [5.74, 6) is -0.156. The number of rotatable bonds is 5. The Hall–Kier alpha value is -0.913. The van der Waals surface area contributed by atoms with Crippen LogP contribution in [0.25, 0.3) is 0 Å². The molecular weight excluding hydrogens is 295 g/mol. The van der Waals surface area contributed by atoms with Gasteiger partial charge in [0.1, 0.15) is 0 Å². The lowest BCUT2D eigenvalue weighted by atomic mass is 10.1. The normalized spacial score (nSPS) is 18.2. The van der Waals surface area contributed by atoms with Crippen LogP contribution in [0.2, 0.25) is 11.6 Å². The zero-order valence-corrected chi connectivity index (χ0v) is 15.4. The summed E-state index contributed by atoms with van der Waals surface area (Å²) in [6, 6.07) is 5.92. The molecular formula is C17H29FN2OSi. The van der Waals surface area contributed by atoms with Crippen molar-refractivity contribution in [2.75, 3.05) is 18.4 Å². The molecule has 0 saturated carbocycles. The quantitative estimate of drug-likeness (QED) is 0.811. The summed E-state index contributed by atoms with van der Waals surface area (Å²) in [5, 5.41) is 6.87. The second-order valence-corrected chi connectivity index (χ2v) is 10.6. The Bertz CT molecular complexity index is 484. The van der Waals surface area contributed by atoms with Crippen LogP contribution in [0.5, 0.6) is 0 Å². The molecule has 0 bridgehead atoms. The largest absolute Gasteiger partial charge is 0.415 e. The van der Waals surface area contributed by atoms with Crippen LogP contribution in [0.4, 0.5) is 10.1 Å². The van der Waals surface area contributed by atoms with E-state index in [1.165, 1.54) is 0 Å². The maximum absolute atomic E-state index is 14.6. The topological polar surface area (TPSA) is 33.3 Å². The highest BCUT2D eigenvalue weighted by molar-refractivity contribution is 6.53. The van der Waals surface area contributed by atoms with Crippen LogP contribution in [-0.2, 0) is 11.0 Å². The first kappa shape index (κ1) is 17.4. The van der Waals surface area contributed by atoms with Gasteiger partial charge in [-0.1, -0.05) is 32.9 Å². The van der Waals surface area contributed by atoms with E-state index in [1.807, 2.05) is 18.2 Å². The SMILES string of the molecule is C[SiH](OCc1cccc(NC2CCNCC2)c1F)C(C)(C)C. The van der Waals surface area contributed by atoms with Crippen molar-refractivity contribution < 1.29 is 8.82 Å². The first-order valence-electron chi connectivity index (χ1n) is 8.24. The van der Waals surface area contributed by atoms with E-state index >= 15 is 0 Å².